The van der Waals surface area contributed by atoms with Crippen LogP contribution in [0.4, 0.5) is 4.79 Å². The average molecular weight is 412 g/mol. The number of imide groups is 2. The molecule has 4 amide bonds. The van der Waals surface area contributed by atoms with Crippen LogP contribution in [0.5, 0.6) is 0 Å². The molecule has 0 spiro atoms. The van der Waals surface area contributed by atoms with Crippen molar-refractivity contribution >= 4 is 46.5 Å². The van der Waals surface area contributed by atoms with Crippen LogP contribution in [0.25, 0.3) is 6.08 Å². The van der Waals surface area contributed by atoms with Gasteiger partial charge in [-0.15, -0.1) is 0 Å². The molecule has 7 nitrogen and oxygen atoms in total. The molecule has 3 heterocycles. The van der Waals surface area contributed by atoms with Gasteiger partial charge < -0.3 is 8.83 Å². The Bertz CT molecular complexity index is 775. The smallest absolute Gasteiger partial charge is 0.331 e. The second-order valence-electron chi connectivity index (χ2n) is 4.43. The number of carbonyl (C=O) groups is 3. The first-order valence-corrected chi connectivity index (χ1v) is 7.29. The molecule has 0 radical (unpaired) electrons. The largest absolute Gasteiger partial charge is 0.467 e. The van der Waals surface area contributed by atoms with Gasteiger partial charge >= 0.3 is 6.03 Å². The number of amides is 4. The van der Waals surface area contributed by atoms with Gasteiger partial charge in [-0.25, -0.2) is 4.79 Å². The maximum Gasteiger partial charge on any atom is 0.331 e. The van der Waals surface area contributed by atoms with Crippen LogP contribution in [0.3, 0.4) is 0 Å². The molecule has 1 aliphatic heterocycles. The molecule has 3 rings (SSSR count). The second-order valence-corrected chi connectivity index (χ2v) is 5.49. The van der Waals surface area contributed by atoms with Gasteiger partial charge in [0.1, 0.15) is 17.1 Å². The van der Waals surface area contributed by atoms with Gasteiger partial charge in [-0.2, -0.15) is 0 Å². The molecule has 0 bridgehead atoms. The summed E-state index contributed by atoms with van der Waals surface area (Å²) in [4.78, 5) is 37.0. The predicted octanol–water partition coefficient (Wildman–Crippen LogP) is 2.14. The number of urea groups is 1. The Labute approximate surface area is 138 Å². The lowest BCUT2D eigenvalue weighted by atomic mass is 10.1. The normalized spacial score (nSPS) is 17.2. The van der Waals surface area contributed by atoms with E-state index >= 15 is 0 Å². The molecule has 112 valence electrons. The standard InChI is InChI=1S/C14H9IN2O5/c15-11-4-3-8(22-11)6-10-12(18)16-14(20)17(13(10)19)7-9-2-1-5-21-9/h1-6H,7H2,(H,16,18,20). The van der Waals surface area contributed by atoms with Gasteiger partial charge in [0.05, 0.1) is 12.8 Å². The molecule has 0 saturated carbocycles. The van der Waals surface area contributed by atoms with E-state index < -0.39 is 17.8 Å². The summed E-state index contributed by atoms with van der Waals surface area (Å²) in [7, 11) is 0. The van der Waals surface area contributed by atoms with Crippen molar-refractivity contribution in [1.29, 1.82) is 0 Å². The Kier molecular flexibility index (Phi) is 3.84. The molecule has 0 aromatic carbocycles. The summed E-state index contributed by atoms with van der Waals surface area (Å²) in [6, 6.07) is 5.83. The van der Waals surface area contributed by atoms with Gasteiger partial charge in [0.15, 0.2) is 3.77 Å². The summed E-state index contributed by atoms with van der Waals surface area (Å²) >= 11 is 1.97. The van der Waals surface area contributed by atoms with Gasteiger partial charge in [-0.1, -0.05) is 0 Å². The Hall–Kier alpha value is -2.36. The fraction of sp³-hybridized carbons (Fsp3) is 0.0714. The molecule has 0 aliphatic carbocycles. The first kappa shape index (κ1) is 14.6. The van der Waals surface area contributed by atoms with Crippen LogP contribution in [-0.2, 0) is 16.1 Å². The van der Waals surface area contributed by atoms with Gasteiger partial charge in [0.2, 0.25) is 0 Å². The highest BCUT2D eigenvalue weighted by Gasteiger charge is 2.36. The summed E-state index contributed by atoms with van der Waals surface area (Å²) in [6.07, 6.45) is 2.75. The highest BCUT2D eigenvalue weighted by atomic mass is 127. The van der Waals surface area contributed by atoms with Crippen LogP contribution in [-0.4, -0.2) is 22.7 Å². The van der Waals surface area contributed by atoms with E-state index in [4.69, 9.17) is 8.83 Å². The van der Waals surface area contributed by atoms with E-state index in [0.29, 0.717) is 15.3 Å². The molecule has 2 aromatic heterocycles. The third-order valence-corrected chi connectivity index (χ3v) is 3.54. The molecular formula is C14H9IN2O5. The number of hydrogen-bond donors (Lipinski definition) is 1. The minimum Gasteiger partial charge on any atom is -0.467 e. The van der Waals surface area contributed by atoms with E-state index in [-0.39, 0.29) is 12.1 Å². The number of furan rings is 2. The molecule has 2 aromatic rings. The lowest BCUT2D eigenvalue weighted by Gasteiger charge is -2.25. The Balaban J connectivity index is 1.90. The first-order chi connectivity index (χ1) is 10.5. The Morgan fingerprint density at radius 3 is 2.68 bits per heavy atom. The van der Waals surface area contributed by atoms with Crippen molar-refractivity contribution in [2.24, 2.45) is 0 Å². The van der Waals surface area contributed by atoms with Crippen LogP contribution in [0.15, 0.2) is 44.9 Å². The highest BCUT2D eigenvalue weighted by Crippen LogP contribution is 2.19. The van der Waals surface area contributed by atoms with Gasteiger partial charge in [-0.3, -0.25) is 19.8 Å². The Morgan fingerprint density at radius 1 is 1.23 bits per heavy atom. The van der Waals surface area contributed by atoms with Crippen LogP contribution in [0, 0.1) is 3.77 Å². The third kappa shape index (κ3) is 2.82. The Morgan fingerprint density at radius 2 is 2.05 bits per heavy atom. The molecule has 22 heavy (non-hydrogen) atoms. The van der Waals surface area contributed by atoms with E-state index in [1.807, 2.05) is 22.6 Å². The first-order valence-electron chi connectivity index (χ1n) is 6.21. The summed E-state index contributed by atoms with van der Waals surface area (Å²) in [6.45, 7) is -0.0576. The van der Waals surface area contributed by atoms with Gasteiger partial charge in [0.25, 0.3) is 11.8 Å². The fourth-order valence-corrected chi connectivity index (χ4v) is 2.38. The SMILES string of the molecule is O=C1NC(=O)N(Cc2ccco2)C(=O)C1=Cc1ccc(I)o1. The number of rotatable bonds is 3. The van der Waals surface area contributed by atoms with Gasteiger partial charge in [-0.05, 0) is 52.9 Å². The summed E-state index contributed by atoms with van der Waals surface area (Å²) < 4.78 is 11.0. The van der Waals surface area contributed by atoms with Crippen molar-refractivity contribution in [2.75, 3.05) is 0 Å². The number of nitrogens with zero attached hydrogens (tertiary/aromatic N) is 1. The van der Waals surface area contributed by atoms with E-state index in [0.717, 1.165) is 4.90 Å². The summed E-state index contributed by atoms with van der Waals surface area (Å²) in [5, 5.41) is 2.12. The van der Waals surface area contributed by atoms with Crippen LogP contribution >= 0.6 is 22.6 Å². The topological polar surface area (TPSA) is 92.8 Å². The fourth-order valence-electron chi connectivity index (χ4n) is 1.94. The quantitative estimate of drug-likeness (QED) is 0.474. The van der Waals surface area contributed by atoms with Crippen molar-refractivity contribution in [1.82, 2.24) is 10.2 Å². The zero-order valence-corrected chi connectivity index (χ0v) is 13.2. The van der Waals surface area contributed by atoms with Crippen molar-refractivity contribution in [2.45, 2.75) is 6.54 Å². The number of barbiturate groups is 1. The monoisotopic (exact) mass is 412 g/mol. The minimum absolute atomic E-state index is 0.0576. The van der Waals surface area contributed by atoms with Crippen LogP contribution in [0.2, 0.25) is 0 Å². The molecule has 8 heteroatoms. The lowest BCUT2D eigenvalue weighted by Crippen LogP contribution is -2.53. The van der Waals surface area contributed by atoms with E-state index in [9.17, 15) is 14.4 Å². The maximum atomic E-state index is 12.4. The molecule has 1 fully saturated rings. The van der Waals surface area contributed by atoms with Crippen LogP contribution in [0.1, 0.15) is 11.5 Å². The molecule has 0 atom stereocenters. The van der Waals surface area contributed by atoms with Crippen molar-refractivity contribution in [3.63, 3.8) is 0 Å². The van der Waals surface area contributed by atoms with Crippen molar-refractivity contribution < 1.29 is 23.2 Å². The number of hydrogen-bond acceptors (Lipinski definition) is 5. The van der Waals surface area contributed by atoms with Crippen molar-refractivity contribution in [3.8, 4) is 0 Å². The van der Waals surface area contributed by atoms with E-state index in [1.54, 1.807) is 24.3 Å². The highest BCUT2D eigenvalue weighted by molar-refractivity contribution is 14.1. The zero-order valence-electron chi connectivity index (χ0n) is 11.0. The number of carbonyl (C=O) groups excluding carboxylic acids is 3. The second kappa shape index (κ2) is 5.79. The van der Waals surface area contributed by atoms with Crippen molar-refractivity contribution in [3.05, 3.63) is 51.4 Å². The summed E-state index contributed by atoms with van der Waals surface area (Å²) in [5.74, 6) is -0.659. The molecule has 1 saturated heterocycles. The number of nitrogens with one attached hydrogen (secondary N) is 1. The third-order valence-electron chi connectivity index (χ3n) is 2.96. The summed E-state index contributed by atoms with van der Waals surface area (Å²) in [5.41, 5.74) is -0.170. The lowest BCUT2D eigenvalue weighted by molar-refractivity contribution is -0.130. The maximum absolute atomic E-state index is 12.4. The van der Waals surface area contributed by atoms with Crippen LogP contribution < -0.4 is 5.32 Å². The average Bonchev–Trinajstić information content (AvgIpc) is 3.11. The predicted molar refractivity (Wildman–Crippen MR) is 82.2 cm³/mol. The molecule has 1 N–H and O–H groups in total. The van der Waals surface area contributed by atoms with E-state index in [2.05, 4.69) is 5.32 Å². The van der Waals surface area contributed by atoms with Gasteiger partial charge in [0, 0.05) is 0 Å². The molecular weight excluding hydrogens is 403 g/mol. The van der Waals surface area contributed by atoms with E-state index in [1.165, 1.54) is 12.3 Å². The molecule has 0 unspecified atom stereocenters. The molecule has 1 aliphatic rings. The zero-order chi connectivity index (χ0) is 15.7. The number of halogens is 1. The minimum atomic E-state index is -0.780.